The monoisotopic (exact) mass is 867 g/mol. The maximum atomic E-state index is 6.21. The van der Waals surface area contributed by atoms with E-state index in [1.165, 1.54) is 141 Å². The summed E-state index contributed by atoms with van der Waals surface area (Å²) in [6.45, 7) is 7.06. The van der Waals surface area contributed by atoms with Crippen molar-refractivity contribution in [2.75, 3.05) is 0 Å². The van der Waals surface area contributed by atoms with Crippen LogP contribution in [0.25, 0.3) is 0 Å². The van der Waals surface area contributed by atoms with E-state index in [-0.39, 0.29) is 20.1 Å². The molecule has 6 nitrogen and oxygen atoms in total. The summed E-state index contributed by atoms with van der Waals surface area (Å²) in [6, 6.07) is 1.55. The number of rotatable bonds is 3. The van der Waals surface area contributed by atoms with E-state index in [1.54, 1.807) is 0 Å². The first-order chi connectivity index (χ1) is 23.9. The first kappa shape index (κ1) is 38.6. The molecule has 7 heteroatoms. The third kappa shape index (κ3) is 9.53. The second-order valence-corrected chi connectivity index (χ2v) is 17.5. The molecule has 9 rings (SSSR count). The van der Waals surface area contributed by atoms with Crippen LogP contribution in [0.15, 0.2) is 9.98 Å². The average molecular weight is 867 g/mol. The SMILES string of the molecule is CC1CC[CH-]C(C2=NC3CCCCC3O2)C1.CC1CC[CH-]C(C2=NC3CCCCC3O2)C1.[CH2-][N+]1=C(C2[CH-]CCC(C)C2)OC2CCCCC21.[Ir]. The van der Waals surface area contributed by atoms with Crippen molar-refractivity contribution in [2.45, 2.75) is 192 Å². The van der Waals surface area contributed by atoms with E-state index in [0.717, 1.165) is 29.5 Å². The summed E-state index contributed by atoms with van der Waals surface area (Å²) < 4.78 is 20.6. The topological polar surface area (TPSA) is 55.4 Å². The van der Waals surface area contributed by atoms with Crippen LogP contribution >= 0.6 is 0 Å². The molecule has 0 aromatic heterocycles. The van der Waals surface area contributed by atoms with Crippen LogP contribution in [0.3, 0.4) is 0 Å². The maximum absolute atomic E-state index is 6.21. The standard InChI is InChI=1S/C15H24NO.2C14H22NO.Ir/c1-11-6-5-7-12(10-11)15-16(2)13-8-3-4-9-14(13)17-15;2*1-10-5-4-6-11(9-10)14-15-12-7-2-3-8-13(12)16-14;/h7,11-14H,2-6,8-10H2,1H3;2*6,10-13H,2-5,7-9H2,1H3;/q3*-1;. The fraction of sp³-hybridized carbons (Fsp3) is 0.837. The fourth-order valence-corrected chi connectivity index (χ4v) is 10.3. The molecule has 3 aliphatic heterocycles. The number of hydrogen-bond donors (Lipinski definition) is 0. The number of fused-ring (bicyclic) bond motifs is 3. The van der Waals surface area contributed by atoms with E-state index in [0.29, 0.717) is 54.2 Å². The van der Waals surface area contributed by atoms with E-state index in [4.69, 9.17) is 24.2 Å². The van der Waals surface area contributed by atoms with Gasteiger partial charge in [-0.15, -0.1) is 5.92 Å². The molecule has 0 spiro atoms. The molecule has 6 aliphatic carbocycles. The summed E-state index contributed by atoms with van der Waals surface area (Å²) in [5, 5.41) is 0. The smallest absolute Gasteiger partial charge is 0.165 e. The van der Waals surface area contributed by atoms with Gasteiger partial charge in [-0.3, -0.25) is 9.98 Å². The van der Waals surface area contributed by atoms with E-state index in [1.807, 2.05) is 0 Å². The molecule has 0 saturated heterocycles. The van der Waals surface area contributed by atoms with Crippen LogP contribution < -0.4 is 0 Å². The minimum atomic E-state index is 0. The first-order valence-corrected chi connectivity index (χ1v) is 21.0. The van der Waals surface area contributed by atoms with Gasteiger partial charge < -0.3 is 38.0 Å². The van der Waals surface area contributed by atoms with Crippen molar-refractivity contribution in [2.24, 2.45) is 45.5 Å². The minimum Gasteiger partial charge on any atom is -0.525 e. The Morgan fingerprint density at radius 3 is 1.42 bits per heavy atom. The van der Waals surface area contributed by atoms with Crippen LogP contribution in [0.4, 0.5) is 0 Å². The number of nitrogens with zero attached hydrogens (tertiary/aromatic N) is 3. The Bertz CT molecular complexity index is 1130. The Hall–Kier alpha value is -1.07. The molecule has 285 valence electrons. The normalized spacial score (nSPS) is 42.1. The van der Waals surface area contributed by atoms with Crippen LogP contribution in [0.5, 0.6) is 0 Å². The third-order valence-corrected chi connectivity index (χ3v) is 13.3. The predicted octanol–water partition coefficient (Wildman–Crippen LogP) is 9.90. The molecule has 12 unspecified atom stereocenters. The molecular formula is C43H68IrN3O3-3. The molecule has 9 aliphatic rings. The van der Waals surface area contributed by atoms with Crippen molar-refractivity contribution in [3.8, 4) is 0 Å². The van der Waals surface area contributed by atoms with Gasteiger partial charge in [0, 0.05) is 26.5 Å². The van der Waals surface area contributed by atoms with Gasteiger partial charge in [0.05, 0.1) is 12.1 Å². The van der Waals surface area contributed by atoms with Gasteiger partial charge in [-0.05, 0) is 82.6 Å². The Balaban J connectivity index is 0.000000128. The molecular weight excluding hydrogens is 799 g/mol. The van der Waals surface area contributed by atoms with Gasteiger partial charge in [-0.2, -0.15) is 19.3 Å². The fourth-order valence-electron chi connectivity index (χ4n) is 10.3. The third-order valence-electron chi connectivity index (χ3n) is 13.3. The molecule has 3 heterocycles. The molecule has 6 fully saturated rings. The molecule has 0 amide bonds. The largest absolute Gasteiger partial charge is 0.525 e. The van der Waals surface area contributed by atoms with Gasteiger partial charge in [0.25, 0.3) is 0 Å². The van der Waals surface area contributed by atoms with E-state index in [2.05, 4.69) is 51.7 Å². The van der Waals surface area contributed by atoms with Crippen molar-refractivity contribution in [1.29, 1.82) is 0 Å². The molecule has 50 heavy (non-hydrogen) atoms. The summed E-state index contributed by atoms with van der Waals surface area (Å²) in [4.78, 5) is 9.66. The quantitative estimate of drug-likeness (QED) is 0.210. The van der Waals surface area contributed by atoms with Crippen molar-refractivity contribution < 1.29 is 38.9 Å². The van der Waals surface area contributed by atoms with Crippen LogP contribution in [0.2, 0.25) is 0 Å². The molecule has 0 N–H and O–H groups in total. The van der Waals surface area contributed by atoms with E-state index in [9.17, 15) is 0 Å². The first-order valence-electron chi connectivity index (χ1n) is 21.0. The van der Waals surface area contributed by atoms with Crippen molar-refractivity contribution in [3.63, 3.8) is 0 Å². The zero-order chi connectivity index (χ0) is 33.7. The Labute approximate surface area is 319 Å². The van der Waals surface area contributed by atoms with E-state index >= 15 is 0 Å². The summed E-state index contributed by atoms with van der Waals surface area (Å²) in [5.74, 6) is 7.40. The number of aliphatic imine (C=N–C) groups is 2. The Morgan fingerprint density at radius 2 is 0.960 bits per heavy atom. The van der Waals surface area contributed by atoms with Gasteiger partial charge in [-0.25, -0.2) is 0 Å². The average Bonchev–Trinajstić information content (AvgIpc) is 3.85. The summed E-state index contributed by atoms with van der Waals surface area (Å²) in [6.07, 6.45) is 35.5. The van der Waals surface area contributed by atoms with Gasteiger partial charge in [0.1, 0.15) is 18.3 Å². The summed E-state index contributed by atoms with van der Waals surface area (Å²) in [7, 11) is 4.25. The van der Waals surface area contributed by atoms with Gasteiger partial charge >= 0.3 is 0 Å². The van der Waals surface area contributed by atoms with Crippen molar-refractivity contribution in [1.82, 2.24) is 0 Å². The zero-order valence-electron chi connectivity index (χ0n) is 31.6. The minimum absolute atomic E-state index is 0. The second-order valence-electron chi connectivity index (χ2n) is 17.5. The Kier molecular flexibility index (Phi) is 14.2. The van der Waals surface area contributed by atoms with Crippen LogP contribution in [0.1, 0.15) is 156 Å². The van der Waals surface area contributed by atoms with Gasteiger partial charge in [0.2, 0.25) is 0 Å². The maximum Gasteiger partial charge on any atom is 0.165 e. The summed E-state index contributed by atoms with van der Waals surface area (Å²) in [5.41, 5.74) is 0. The van der Waals surface area contributed by atoms with Crippen LogP contribution in [-0.4, -0.2) is 58.7 Å². The van der Waals surface area contributed by atoms with Gasteiger partial charge in [-0.1, -0.05) is 84.0 Å². The summed E-state index contributed by atoms with van der Waals surface area (Å²) >= 11 is 0. The zero-order valence-corrected chi connectivity index (χ0v) is 34.0. The molecule has 1 radical (unpaired) electrons. The number of ether oxygens (including phenoxy) is 3. The van der Waals surface area contributed by atoms with E-state index < -0.39 is 0 Å². The molecule has 0 aromatic carbocycles. The molecule has 0 bridgehead atoms. The molecule has 12 atom stereocenters. The molecule has 0 aromatic rings. The Morgan fingerprint density at radius 1 is 0.540 bits per heavy atom. The van der Waals surface area contributed by atoms with Crippen molar-refractivity contribution >= 4 is 17.7 Å². The predicted molar refractivity (Wildman–Crippen MR) is 199 cm³/mol. The van der Waals surface area contributed by atoms with Crippen LogP contribution in [0, 0.1) is 61.8 Å². The van der Waals surface area contributed by atoms with Gasteiger partial charge in [0.15, 0.2) is 23.7 Å². The van der Waals surface area contributed by atoms with Crippen molar-refractivity contribution in [3.05, 3.63) is 26.3 Å². The van der Waals surface area contributed by atoms with Crippen LogP contribution in [-0.2, 0) is 34.3 Å². The number of hydrogen-bond acceptors (Lipinski definition) is 5. The second kappa shape index (κ2) is 18.3. The molecule has 6 saturated carbocycles.